The van der Waals surface area contributed by atoms with Gasteiger partial charge in [-0.2, -0.15) is 0 Å². The predicted molar refractivity (Wildman–Crippen MR) is 85.8 cm³/mol. The molecule has 2 nitrogen and oxygen atoms in total. The summed E-state index contributed by atoms with van der Waals surface area (Å²) in [4.78, 5) is 11.0. The Kier molecular flexibility index (Phi) is 5.31. The van der Waals surface area contributed by atoms with Crippen molar-refractivity contribution in [2.45, 2.75) is 13.8 Å². The third-order valence-corrected chi connectivity index (χ3v) is 5.25. The van der Waals surface area contributed by atoms with Crippen LogP contribution in [0.3, 0.4) is 0 Å². The molecule has 104 valence electrons. The first kappa shape index (κ1) is 15.2. The molecule has 2 aromatic rings. The molecular formula is C16H16ClO2P. The summed E-state index contributed by atoms with van der Waals surface area (Å²) in [6, 6.07) is 13.9. The van der Waals surface area contributed by atoms with Gasteiger partial charge in [0.25, 0.3) is 0 Å². The van der Waals surface area contributed by atoms with Crippen molar-refractivity contribution in [1.29, 1.82) is 0 Å². The SMILES string of the molecule is CCOP(c1ccccc1)c1cc(C)c(C=O)c(Cl)c1. The minimum atomic E-state index is -0.901. The van der Waals surface area contributed by atoms with E-state index in [4.69, 9.17) is 16.1 Å². The van der Waals surface area contributed by atoms with Gasteiger partial charge in [0.1, 0.15) is 0 Å². The van der Waals surface area contributed by atoms with E-state index in [1.807, 2.05) is 44.2 Å². The highest BCUT2D eigenvalue weighted by Gasteiger charge is 2.17. The van der Waals surface area contributed by atoms with E-state index in [0.717, 1.165) is 22.5 Å². The Labute approximate surface area is 125 Å². The molecular weight excluding hydrogens is 291 g/mol. The lowest BCUT2D eigenvalue weighted by molar-refractivity contribution is 0.112. The van der Waals surface area contributed by atoms with Gasteiger partial charge < -0.3 is 4.52 Å². The summed E-state index contributed by atoms with van der Waals surface area (Å²) in [5, 5.41) is 2.65. The quantitative estimate of drug-likeness (QED) is 0.619. The second kappa shape index (κ2) is 6.99. The number of aldehydes is 1. The highest BCUT2D eigenvalue weighted by Crippen LogP contribution is 2.36. The molecule has 0 aromatic heterocycles. The molecule has 0 aliphatic rings. The minimum absolute atomic E-state index is 0.484. The number of carbonyl (C=O) groups is 1. The lowest BCUT2D eigenvalue weighted by Crippen LogP contribution is -2.15. The largest absolute Gasteiger partial charge is 0.350 e. The van der Waals surface area contributed by atoms with E-state index < -0.39 is 8.15 Å². The third kappa shape index (κ3) is 3.27. The van der Waals surface area contributed by atoms with Gasteiger partial charge in [-0.15, -0.1) is 0 Å². The van der Waals surface area contributed by atoms with Crippen molar-refractivity contribution in [1.82, 2.24) is 0 Å². The van der Waals surface area contributed by atoms with E-state index in [1.165, 1.54) is 0 Å². The zero-order valence-electron chi connectivity index (χ0n) is 11.5. The summed E-state index contributed by atoms with van der Waals surface area (Å²) < 4.78 is 5.92. The van der Waals surface area contributed by atoms with Crippen LogP contribution in [0, 0.1) is 6.92 Å². The molecule has 2 rings (SSSR count). The number of hydrogen-bond acceptors (Lipinski definition) is 2. The molecule has 1 atom stereocenters. The molecule has 0 spiro atoms. The van der Waals surface area contributed by atoms with Gasteiger partial charge in [0.15, 0.2) is 6.29 Å². The first-order valence-electron chi connectivity index (χ1n) is 6.40. The number of benzene rings is 2. The Morgan fingerprint density at radius 1 is 1.20 bits per heavy atom. The molecule has 2 aromatic carbocycles. The van der Waals surface area contributed by atoms with Crippen LogP contribution in [-0.2, 0) is 4.52 Å². The van der Waals surface area contributed by atoms with Crippen molar-refractivity contribution in [2.75, 3.05) is 6.61 Å². The van der Waals surface area contributed by atoms with Gasteiger partial charge in [0.05, 0.1) is 13.2 Å². The molecule has 4 heteroatoms. The number of hydrogen-bond donors (Lipinski definition) is 0. The van der Waals surface area contributed by atoms with Crippen LogP contribution in [0.25, 0.3) is 0 Å². The Balaban J connectivity index is 2.48. The first-order chi connectivity index (χ1) is 9.67. The van der Waals surface area contributed by atoms with Crippen LogP contribution in [0.5, 0.6) is 0 Å². The van der Waals surface area contributed by atoms with Crippen molar-refractivity contribution in [3.63, 3.8) is 0 Å². The Morgan fingerprint density at radius 2 is 1.90 bits per heavy atom. The van der Waals surface area contributed by atoms with Crippen molar-refractivity contribution in [2.24, 2.45) is 0 Å². The Morgan fingerprint density at radius 3 is 2.45 bits per heavy atom. The van der Waals surface area contributed by atoms with Gasteiger partial charge in [-0.3, -0.25) is 4.79 Å². The molecule has 0 heterocycles. The number of halogens is 1. The van der Waals surface area contributed by atoms with Crippen LogP contribution in [-0.4, -0.2) is 12.9 Å². The van der Waals surface area contributed by atoms with Crippen molar-refractivity contribution < 1.29 is 9.32 Å². The fourth-order valence-electron chi connectivity index (χ4n) is 1.99. The fourth-order valence-corrected chi connectivity index (χ4v) is 4.24. The van der Waals surface area contributed by atoms with Crippen LogP contribution in [0.2, 0.25) is 5.02 Å². The topological polar surface area (TPSA) is 26.3 Å². The average Bonchev–Trinajstić information content (AvgIpc) is 2.45. The lowest BCUT2D eigenvalue weighted by Gasteiger charge is -2.19. The van der Waals surface area contributed by atoms with Gasteiger partial charge in [0, 0.05) is 22.8 Å². The van der Waals surface area contributed by atoms with Gasteiger partial charge in [-0.05, 0) is 31.5 Å². The summed E-state index contributed by atoms with van der Waals surface area (Å²) in [5.41, 5.74) is 1.43. The molecule has 0 amide bonds. The van der Waals surface area contributed by atoms with Gasteiger partial charge in [0.2, 0.25) is 0 Å². The summed E-state index contributed by atoms with van der Waals surface area (Å²) in [6.45, 7) is 4.50. The molecule has 0 saturated heterocycles. The zero-order chi connectivity index (χ0) is 14.5. The maximum Gasteiger partial charge on any atom is 0.151 e. The number of aryl methyl sites for hydroxylation is 1. The van der Waals surface area contributed by atoms with Crippen molar-refractivity contribution in [3.8, 4) is 0 Å². The smallest absolute Gasteiger partial charge is 0.151 e. The Hall–Kier alpha value is -1.21. The summed E-state index contributed by atoms with van der Waals surface area (Å²) in [5.74, 6) is 0. The molecule has 1 unspecified atom stereocenters. The molecule has 0 fully saturated rings. The second-order valence-corrected chi connectivity index (χ2v) is 6.61. The lowest BCUT2D eigenvalue weighted by atomic mass is 10.1. The van der Waals surface area contributed by atoms with Crippen molar-refractivity contribution >= 4 is 36.6 Å². The van der Waals surface area contributed by atoms with Gasteiger partial charge in [-0.1, -0.05) is 41.9 Å². The highest BCUT2D eigenvalue weighted by molar-refractivity contribution is 7.68. The highest BCUT2D eigenvalue weighted by atomic mass is 35.5. The van der Waals surface area contributed by atoms with Gasteiger partial charge in [-0.25, -0.2) is 0 Å². The minimum Gasteiger partial charge on any atom is -0.350 e. The average molecular weight is 307 g/mol. The van der Waals surface area contributed by atoms with E-state index in [0.29, 0.717) is 17.2 Å². The maximum absolute atomic E-state index is 11.0. The normalized spacial score (nSPS) is 12.2. The second-order valence-electron chi connectivity index (χ2n) is 4.32. The predicted octanol–water partition coefficient (Wildman–Crippen LogP) is 3.85. The first-order valence-corrected chi connectivity index (χ1v) is 8.04. The van der Waals surface area contributed by atoms with Crippen LogP contribution >= 0.6 is 19.7 Å². The summed E-state index contributed by atoms with van der Waals surface area (Å²) in [6.07, 6.45) is 0.799. The van der Waals surface area contributed by atoms with E-state index in [1.54, 1.807) is 0 Å². The number of rotatable bonds is 5. The molecule has 0 aliphatic carbocycles. The molecule has 0 N–H and O–H groups in total. The molecule has 0 radical (unpaired) electrons. The van der Waals surface area contributed by atoms with Crippen LogP contribution in [0.4, 0.5) is 0 Å². The summed E-state index contributed by atoms with van der Waals surface area (Å²) >= 11 is 6.19. The monoisotopic (exact) mass is 306 g/mol. The van der Waals surface area contributed by atoms with Crippen LogP contribution in [0.1, 0.15) is 22.8 Å². The standard InChI is InChI=1S/C16H16ClO2P/c1-3-19-20(13-7-5-4-6-8-13)14-9-12(2)15(11-18)16(17)10-14/h4-11H,3H2,1-2H3. The maximum atomic E-state index is 11.0. The number of carbonyl (C=O) groups excluding carboxylic acids is 1. The molecule has 20 heavy (non-hydrogen) atoms. The van der Waals surface area contributed by atoms with E-state index in [9.17, 15) is 4.79 Å². The third-order valence-electron chi connectivity index (χ3n) is 2.92. The van der Waals surface area contributed by atoms with E-state index >= 15 is 0 Å². The fraction of sp³-hybridized carbons (Fsp3) is 0.188. The molecule has 0 aliphatic heterocycles. The van der Waals surface area contributed by atoms with Crippen LogP contribution < -0.4 is 10.6 Å². The molecule has 0 bridgehead atoms. The van der Waals surface area contributed by atoms with E-state index in [-0.39, 0.29) is 0 Å². The Bertz CT molecular complexity index is 576. The molecule has 0 saturated carbocycles. The van der Waals surface area contributed by atoms with Crippen molar-refractivity contribution in [3.05, 3.63) is 58.6 Å². The van der Waals surface area contributed by atoms with Gasteiger partial charge >= 0.3 is 0 Å². The van der Waals surface area contributed by atoms with E-state index in [2.05, 4.69) is 12.1 Å². The van der Waals surface area contributed by atoms with Crippen LogP contribution in [0.15, 0.2) is 42.5 Å². The summed E-state index contributed by atoms with van der Waals surface area (Å²) in [7, 11) is -0.901. The zero-order valence-corrected chi connectivity index (χ0v) is 13.1.